The molecule has 3 rings (SSSR count). The maximum atomic E-state index is 13.1. The first kappa shape index (κ1) is 21.8. The lowest BCUT2D eigenvalue weighted by Gasteiger charge is -2.14. The van der Waals surface area contributed by atoms with Crippen molar-refractivity contribution in [3.05, 3.63) is 70.3 Å². The van der Waals surface area contributed by atoms with E-state index in [0.29, 0.717) is 21.8 Å². The molecule has 0 aliphatic heterocycles. The molecule has 1 aromatic heterocycles. The Balaban J connectivity index is 1.95. The van der Waals surface area contributed by atoms with Crippen LogP contribution in [0.3, 0.4) is 0 Å². The minimum absolute atomic E-state index is 0.00619. The van der Waals surface area contributed by atoms with E-state index in [1.165, 1.54) is 23.9 Å². The topological polar surface area (TPSA) is 76.9 Å². The summed E-state index contributed by atoms with van der Waals surface area (Å²) in [6, 6.07) is 11.7. The zero-order valence-corrected chi connectivity index (χ0v) is 18.3. The first-order chi connectivity index (χ1) is 13.8. The highest BCUT2D eigenvalue weighted by Crippen LogP contribution is 2.28. The minimum atomic E-state index is -3.38. The summed E-state index contributed by atoms with van der Waals surface area (Å²) in [5.41, 5.74) is 2.65. The predicted molar refractivity (Wildman–Crippen MR) is 113 cm³/mol. The zero-order valence-electron chi connectivity index (χ0n) is 15.9. The second kappa shape index (κ2) is 9.25. The summed E-state index contributed by atoms with van der Waals surface area (Å²) in [6.07, 6.45) is 0. The van der Waals surface area contributed by atoms with Crippen LogP contribution in [0.2, 0.25) is 5.02 Å². The molecule has 0 saturated heterocycles. The van der Waals surface area contributed by atoms with E-state index in [4.69, 9.17) is 11.6 Å². The molecule has 0 atom stereocenters. The first-order valence-electron chi connectivity index (χ1n) is 8.84. The van der Waals surface area contributed by atoms with E-state index >= 15 is 0 Å². The van der Waals surface area contributed by atoms with Crippen molar-refractivity contribution in [1.82, 2.24) is 19.5 Å². The number of aryl methyl sites for hydroxylation is 1. The van der Waals surface area contributed by atoms with Crippen molar-refractivity contribution >= 4 is 33.4 Å². The molecule has 0 bridgehead atoms. The fraction of sp³-hybridized carbons (Fsp3) is 0.263. The molecule has 154 valence electrons. The van der Waals surface area contributed by atoms with Crippen LogP contribution < -0.4 is 4.72 Å². The summed E-state index contributed by atoms with van der Waals surface area (Å²) in [7, 11) is -3.38. The second-order valence-electron chi connectivity index (χ2n) is 6.30. The molecule has 0 radical (unpaired) electrons. The van der Waals surface area contributed by atoms with Gasteiger partial charge in [-0.25, -0.2) is 17.5 Å². The summed E-state index contributed by atoms with van der Waals surface area (Å²) >= 11 is 7.61. The largest absolute Gasteiger partial charge is 0.273 e. The van der Waals surface area contributed by atoms with Crippen LogP contribution in [0.5, 0.6) is 0 Å². The van der Waals surface area contributed by atoms with Crippen molar-refractivity contribution in [2.45, 2.75) is 31.3 Å². The van der Waals surface area contributed by atoms with Gasteiger partial charge >= 0.3 is 0 Å². The fourth-order valence-corrected chi connectivity index (χ4v) is 4.22. The Hall–Kier alpha value is -1.94. The number of benzene rings is 2. The molecule has 0 aliphatic carbocycles. The van der Waals surface area contributed by atoms with E-state index < -0.39 is 10.0 Å². The van der Waals surface area contributed by atoms with Gasteiger partial charge in [0.2, 0.25) is 10.0 Å². The van der Waals surface area contributed by atoms with Gasteiger partial charge in [0.05, 0.1) is 18.0 Å². The molecule has 0 unspecified atom stereocenters. The van der Waals surface area contributed by atoms with E-state index in [1.807, 2.05) is 13.0 Å². The summed E-state index contributed by atoms with van der Waals surface area (Å²) in [6.45, 7) is 3.50. The Morgan fingerprint density at radius 3 is 2.59 bits per heavy atom. The minimum Gasteiger partial charge on any atom is -0.273 e. The van der Waals surface area contributed by atoms with Gasteiger partial charge in [-0.1, -0.05) is 41.6 Å². The van der Waals surface area contributed by atoms with E-state index in [0.717, 1.165) is 16.8 Å². The lowest BCUT2D eigenvalue weighted by molar-refractivity contribution is 0.579. The number of aromatic nitrogens is 3. The van der Waals surface area contributed by atoms with E-state index in [1.54, 1.807) is 35.8 Å². The Bertz CT molecular complexity index is 1100. The number of nitrogens with zero attached hydrogens (tertiary/aromatic N) is 3. The fourth-order valence-electron chi connectivity index (χ4n) is 2.58. The van der Waals surface area contributed by atoms with Crippen LogP contribution in [0.1, 0.15) is 23.9 Å². The summed E-state index contributed by atoms with van der Waals surface area (Å²) in [4.78, 5) is 0. The highest BCUT2D eigenvalue weighted by molar-refractivity contribution is 7.98. The van der Waals surface area contributed by atoms with Gasteiger partial charge < -0.3 is 0 Å². The number of halogens is 2. The van der Waals surface area contributed by atoms with Crippen molar-refractivity contribution in [3.8, 4) is 5.69 Å². The van der Waals surface area contributed by atoms with Crippen molar-refractivity contribution in [2.75, 3.05) is 5.75 Å². The Morgan fingerprint density at radius 1 is 1.17 bits per heavy atom. The van der Waals surface area contributed by atoms with Crippen LogP contribution >= 0.6 is 23.4 Å². The second-order valence-corrected chi connectivity index (χ2v) is 9.78. The average Bonchev–Trinajstić information content (AvgIpc) is 3.10. The van der Waals surface area contributed by atoms with Crippen molar-refractivity contribution in [2.24, 2.45) is 0 Å². The molecule has 0 saturated carbocycles. The molecule has 1 heterocycles. The van der Waals surface area contributed by atoms with Gasteiger partial charge in [0.25, 0.3) is 0 Å². The Labute approximate surface area is 178 Å². The molecular formula is C19H20ClFN4O2S2. The normalized spacial score (nSPS) is 11.7. The van der Waals surface area contributed by atoms with Gasteiger partial charge in [0.1, 0.15) is 5.82 Å². The Kier molecular flexibility index (Phi) is 6.94. The van der Waals surface area contributed by atoms with Gasteiger partial charge in [-0.15, -0.1) is 10.2 Å². The SMILES string of the molecule is CCS(=O)(=O)NCc1nnc(SCc2ccc(F)cc2)n1-c1cc(Cl)ccc1C. The quantitative estimate of drug-likeness (QED) is 0.518. The van der Waals surface area contributed by atoms with Crippen LogP contribution in [-0.4, -0.2) is 28.9 Å². The molecule has 6 nitrogen and oxygen atoms in total. The third kappa shape index (κ3) is 5.57. The third-order valence-corrected chi connectivity index (χ3v) is 6.80. The maximum absolute atomic E-state index is 13.1. The monoisotopic (exact) mass is 454 g/mol. The highest BCUT2D eigenvalue weighted by Gasteiger charge is 2.18. The van der Waals surface area contributed by atoms with Gasteiger partial charge in [-0.2, -0.15) is 0 Å². The van der Waals surface area contributed by atoms with Crippen molar-refractivity contribution < 1.29 is 12.8 Å². The average molecular weight is 455 g/mol. The number of thioether (sulfide) groups is 1. The third-order valence-electron chi connectivity index (χ3n) is 4.22. The predicted octanol–water partition coefficient (Wildman–Crippen LogP) is 4.10. The Morgan fingerprint density at radius 2 is 1.90 bits per heavy atom. The zero-order chi connectivity index (χ0) is 21.0. The van der Waals surface area contributed by atoms with E-state index in [9.17, 15) is 12.8 Å². The molecule has 29 heavy (non-hydrogen) atoms. The summed E-state index contributed by atoms with van der Waals surface area (Å²) in [5, 5.41) is 9.57. The molecule has 10 heteroatoms. The molecular weight excluding hydrogens is 435 g/mol. The number of hydrogen-bond donors (Lipinski definition) is 1. The number of sulfonamides is 1. The molecule has 3 aromatic rings. The molecule has 0 spiro atoms. The van der Waals surface area contributed by atoms with Crippen LogP contribution in [-0.2, 0) is 22.3 Å². The van der Waals surface area contributed by atoms with Crippen LogP contribution in [0.4, 0.5) is 4.39 Å². The van der Waals surface area contributed by atoms with Gasteiger partial charge in [-0.3, -0.25) is 4.57 Å². The smallest absolute Gasteiger partial charge is 0.211 e. The number of nitrogens with one attached hydrogen (secondary N) is 1. The van der Waals surface area contributed by atoms with E-state index in [2.05, 4.69) is 14.9 Å². The molecule has 0 fully saturated rings. The standard InChI is InChI=1S/C19H20ClFN4O2S2/c1-3-29(26,27)22-11-18-23-24-19(28-12-14-5-8-16(21)9-6-14)25(18)17-10-15(20)7-4-13(17)2/h4-10,22H,3,11-12H2,1-2H3. The summed E-state index contributed by atoms with van der Waals surface area (Å²) < 4.78 is 41.2. The molecule has 1 N–H and O–H groups in total. The van der Waals surface area contributed by atoms with Crippen LogP contribution in [0.25, 0.3) is 5.69 Å². The van der Waals surface area contributed by atoms with Gasteiger partial charge in [0, 0.05) is 10.8 Å². The maximum Gasteiger partial charge on any atom is 0.211 e. The number of rotatable bonds is 8. The molecule has 0 aliphatic rings. The van der Waals surface area contributed by atoms with Gasteiger partial charge in [0.15, 0.2) is 11.0 Å². The highest BCUT2D eigenvalue weighted by atomic mass is 35.5. The van der Waals surface area contributed by atoms with Crippen LogP contribution in [0.15, 0.2) is 47.6 Å². The lowest BCUT2D eigenvalue weighted by atomic mass is 10.2. The van der Waals surface area contributed by atoms with Crippen molar-refractivity contribution in [3.63, 3.8) is 0 Å². The van der Waals surface area contributed by atoms with Gasteiger partial charge in [-0.05, 0) is 49.2 Å². The molecule has 2 aromatic carbocycles. The van der Waals surface area contributed by atoms with E-state index in [-0.39, 0.29) is 18.1 Å². The summed E-state index contributed by atoms with van der Waals surface area (Å²) in [5.74, 6) is 0.693. The van der Waals surface area contributed by atoms with Crippen LogP contribution in [0, 0.1) is 12.7 Å². The molecule has 0 amide bonds. The number of hydrogen-bond acceptors (Lipinski definition) is 5. The van der Waals surface area contributed by atoms with Crippen molar-refractivity contribution in [1.29, 1.82) is 0 Å². The lowest BCUT2D eigenvalue weighted by Crippen LogP contribution is -2.26. The first-order valence-corrected chi connectivity index (χ1v) is 11.9.